The lowest BCUT2D eigenvalue weighted by Gasteiger charge is -2.07. The Hall–Kier alpha value is -1.93. The first-order valence-electron chi connectivity index (χ1n) is 5.82. The zero-order chi connectivity index (χ0) is 12.5. The second-order valence-electron chi connectivity index (χ2n) is 4.32. The molecule has 0 aliphatic rings. The van der Waals surface area contributed by atoms with Crippen LogP contribution in [-0.2, 0) is 6.54 Å². The Morgan fingerprint density at radius 1 is 1.00 bits per heavy atom. The van der Waals surface area contributed by atoms with Gasteiger partial charge in [-0.05, 0) is 29.8 Å². The predicted octanol–water partition coefficient (Wildman–Crippen LogP) is 3.93. The van der Waals surface area contributed by atoms with Gasteiger partial charge in [-0.2, -0.15) is 0 Å². The molecule has 0 unspecified atom stereocenters. The molecule has 0 fully saturated rings. The molecule has 0 atom stereocenters. The van der Waals surface area contributed by atoms with Crippen LogP contribution >= 0.6 is 11.6 Å². The molecule has 1 heterocycles. The highest BCUT2D eigenvalue weighted by Gasteiger charge is 2.05. The normalized spacial score (nSPS) is 10.9. The topological polar surface area (TPSA) is 30.9 Å². The number of nitrogens with zero attached hydrogens (tertiary/aromatic N) is 1. The van der Waals surface area contributed by atoms with Crippen molar-refractivity contribution >= 4 is 28.2 Å². The fourth-order valence-corrected chi connectivity index (χ4v) is 2.39. The van der Waals surface area contributed by atoms with Gasteiger partial charge >= 0.3 is 0 Å². The first-order chi connectivity index (χ1) is 8.75. The highest BCUT2D eigenvalue weighted by atomic mass is 35.5. The van der Waals surface area contributed by atoms with Gasteiger partial charge in [-0.15, -0.1) is 0 Å². The lowest BCUT2D eigenvalue weighted by molar-refractivity contribution is 0.837. The van der Waals surface area contributed by atoms with Gasteiger partial charge in [-0.3, -0.25) is 0 Å². The minimum atomic E-state index is 0.757. The van der Waals surface area contributed by atoms with E-state index in [2.05, 4.69) is 10.6 Å². The number of fused-ring (bicyclic) bond motifs is 1. The van der Waals surface area contributed by atoms with E-state index in [1.165, 1.54) is 0 Å². The first kappa shape index (κ1) is 11.2. The van der Waals surface area contributed by atoms with E-state index in [0.717, 1.165) is 33.7 Å². The first-order valence-corrected chi connectivity index (χ1v) is 6.20. The van der Waals surface area contributed by atoms with Crippen molar-refractivity contribution in [2.24, 2.45) is 0 Å². The molecule has 0 radical (unpaired) electrons. The molecule has 0 spiro atoms. The van der Waals surface area contributed by atoms with E-state index in [4.69, 9.17) is 17.3 Å². The number of hydrogen-bond acceptors (Lipinski definition) is 1. The zero-order valence-corrected chi connectivity index (χ0v) is 10.6. The zero-order valence-electron chi connectivity index (χ0n) is 9.81. The van der Waals surface area contributed by atoms with E-state index >= 15 is 0 Å². The number of nitrogen functional groups attached to an aromatic ring is 1. The second-order valence-corrected chi connectivity index (χ2v) is 4.72. The van der Waals surface area contributed by atoms with Crippen molar-refractivity contribution in [1.82, 2.24) is 4.57 Å². The molecule has 0 bridgehead atoms. The third kappa shape index (κ3) is 1.85. The van der Waals surface area contributed by atoms with Crippen LogP contribution in [0.4, 0.5) is 5.69 Å². The summed E-state index contributed by atoms with van der Waals surface area (Å²) < 4.78 is 2.16. The fourth-order valence-electron chi connectivity index (χ4n) is 2.20. The van der Waals surface area contributed by atoms with Crippen molar-refractivity contribution in [3.8, 4) is 0 Å². The number of aromatic nitrogens is 1. The molecular formula is C15H13ClN2. The van der Waals surface area contributed by atoms with E-state index in [0.29, 0.717) is 0 Å². The molecular weight excluding hydrogens is 244 g/mol. The monoisotopic (exact) mass is 256 g/mol. The van der Waals surface area contributed by atoms with Crippen molar-refractivity contribution in [3.05, 3.63) is 65.3 Å². The summed E-state index contributed by atoms with van der Waals surface area (Å²) in [5.41, 5.74) is 9.01. The Kier molecular flexibility index (Phi) is 2.73. The van der Waals surface area contributed by atoms with Crippen LogP contribution in [0, 0.1) is 0 Å². The summed E-state index contributed by atoms with van der Waals surface area (Å²) in [6, 6.07) is 15.9. The summed E-state index contributed by atoms with van der Waals surface area (Å²) in [5, 5.41) is 1.88. The van der Waals surface area contributed by atoms with Gasteiger partial charge in [0.2, 0.25) is 0 Å². The fraction of sp³-hybridized carbons (Fsp3) is 0.0667. The molecule has 0 amide bonds. The molecule has 2 N–H and O–H groups in total. The molecule has 18 heavy (non-hydrogen) atoms. The third-order valence-electron chi connectivity index (χ3n) is 3.15. The molecule has 1 aromatic heterocycles. The highest BCUT2D eigenvalue weighted by molar-refractivity contribution is 6.31. The lowest BCUT2D eigenvalue weighted by atomic mass is 10.2. The van der Waals surface area contributed by atoms with Crippen LogP contribution in [0.25, 0.3) is 10.9 Å². The van der Waals surface area contributed by atoms with Gasteiger partial charge in [0.1, 0.15) is 0 Å². The van der Waals surface area contributed by atoms with Crippen LogP contribution in [0.1, 0.15) is 5.56 Å². The van der Waals surface area contributed by atoms with Gasteiger partial charge in [-0.25, -0.2) is 0 Å². The van der Waals surface area contributed by atoms with E-state index in [-0.39, 0.29) is 0 Å². The number of nitrogens with two attached hydrogens (primary N) is 1. The number of benzene rings is 2. The van der Waals surface area contributed by atoms with E-state index in [9.17, 15) is 0 Å². The molecule has 0 aliphatic heterocycles. The van der Waals surface area contributed by atoms with Crippen molar-refractivity contribution in [2.45, 2.75) is 6.54 Å². The van der Waals surface area contributed by atoms with E-state index in [1.807, 2.05) is 48.7 Å². The maximum atomic E-state index is 6.19. The lowest BCUT2D eigenvalue weighted by Crippen LogP contribution is -1.98. The number of anilines is 1. The van der Waals surface area contributed by atoms with Crippen LogP contribution in [0.5, 0.6) is 0 Å². The van der Waals surface area contributed by atoms with Crippen molar-refractivity contribution in [1.29, 1.82) is 0 Å². The van der Waals surface area contributed by atoms with Gasteiger partial charge in [0, 0.05) is 28.8 Å². The minimum absolute atomic E-state index is 0.757. The number of hydrogen-bond donors (Lipinski definition) is 1. The maximum Gasteiger partial charge on any atom is 0.0504 e. The quantitative estimate of drug-likeness (QED) is 0.692. The number of halogens is 1. The molecule has 0 saturated heterocycles. The Morgan fingerprint density at radius 3 is 2.67 bits per heavy atom. The van der Waals surface area contributed by atoms with Crippen LogP contribution in [-0.4, -0.2) is 4.57 Å². The summed E-state index contributed by atoms with van der Waals surface area (Å²) >= 11 is 6.19. The SMILES string of the molecule is Nc1cccc2c1ccn2Cc1ccccc1Cl. The van der Waals surface area contributed by atoms with Crippen molar-refractivity contribution < 1.29 is 0 Å². The molecule has 3 aromatic rings. The molecule has 3 heteroatoms. The second kappa shape index (κ2) is 4.39. The smallest absolute Gasteiger partial charge is 0.0504 e. The largest absolute Gasteiger partial charge is 0.398 e. The Balaban J connectivity index is 2.06. The predicted molar refractivity (Wildman–Crippen MR) is 76.9 cm³/mol. The van der Waals surface area contributed by atoms with Crippen molar-refractivity contribution in [3.63, 3.8) is 0 Å². The van der Waals surface area contributed by atoms with Crippen LogP contribution in [0.3, 0.4) is 0 Å². The van der Waals surface area contributed by atoms with Crippen LogP contribution in [0.15, 0.2) is 54.7 Å². The Labute approximate surface area is 111 Å². The van der Waals surface area contributed by atoms with Gasteiger partial charge in [-0.1, -0.05) is 35.9 Å². The third-order valence-corrected chi connectivity index (χ3v) is 3.51. The summed E-state index contributed by atoms with van der Waals surface area (Å²) in [5.74, 6) is 0. The number of rotatable bonds is 2. The van der Waals surface area contributed by atoms with Crippen LogP contribution in [0.2, 0.25) is 5.02 Å². The van der Waals surface area contributed by atoms with Gasteiger partial charge in [0.05, 0.1) is 5.52 Å². The highest BCUT2D eigenvalue weighted by Crippen LogP contribution is 2.24. The van der Waals surface area contributed by atoms with Crippen LogP contribution < -0.4 is 5.73 Å². The molecule has 2 aromatic carbocycles. The molecule has 2 nitrogen and oxygen atoms in total. The van der Waals surface area contributed by atoms with E-state index < -0.39 is 0 Å². The maximum absolute atomic E-state index is 6.19. The van der Waals surface area contributed by atoms with Gasteiger partial charge < -0.3 is 10.3 Å². The molecule has 0 saturated carbocycles. The standard InChI is InChI=1S/C15H13ClN2/c16-13-5-2-1-4-11(13)10-18-9-8-12-14(17)6-3-7-15(12)18/h1-9H,10,17H2. The Bertz CT molecular complexity index is 701. The van der Waals surface area contributed by atoms with Gasteiger partial charge in [0.25, 0.3) is 0 Å². The molecule has 90 valence electrons. The van der Waals surface area contributed by atoms with Crippen molar-refractivity contribution in [2.75, 3.05) is 5.73 Å². The molecule has 3 rings (SSSR count). The van der Waals surface area contributed by atoms with Gasteiger partial charge in [0.15, 0.2) is 0 Å². The summed E-state index contributed by atoms with van der Waals surface area (Å²) in [6.45, 7) is 0.757. The average molecular weight is 257 g/mol. The summed E-state index contributed by atoms with van der Waals surface area (Å²) in [7, 11) is 0. The summed E-state index contributed by atoms with van der Waals surface area (Å²) in [4.78, 5) is 0. The molecule has 0 aliphatic carbocycles. The Morgan fingerprint density at radius 2 is 1.83 bits per heavy atom. The van der Waals surface area contributed by atoms with E-state index in [1.54, 1.807) is 0 Å². The summed E-state index contributed by atoms with van der Waals surface area (Å²) in [6.07, 6.45) is 2.05. The minimum Gasteiger partial charge on any atom is -0.398 e. The average Bonchev–Trinajstić information content (AvgIpc) is 2.77.